The Morgan fingerprint density at radius 2 is 2.06 bits per heavy atom. The molecule has 0 spiro atoms. The van der Waals surface area contributed by atoms with Crippen LogP contribution < -0.4 is 17.0 Å². The standard InChI is InChI=1S/C11H17N3O3/c1-13-7-9(12)10(15)14(11(13)16)6-8-2-4-17-5-3-8/h7-8H,2-6,12H2,1H3. The molecular formula is C11H17N3O3. The van der Waals surface area contributed by atoms with Gasteiger partial charge in [-0.3, -0.25) is 9.36 Å². The molecule has 0 atom stereocenters. The van der Waals surface area contributed by atoms with Crippen LogP contribution in [0, 0.1) is 5.92 Å². The van der Waals surface area contributed by atoms with Crippen LogP contribution in [0.15, 0.2) is 15.8 Å². The summed E-state index contributed by atoms with van der Waals surface area (Å²) in [5.74, 6) is 0.316. The lowest BCUT2D eigenvalue weighted by molar-refractivity contribution is 0.0604. The van der Waals surface area contributed by atoms with E-state index < -0.39 is 0 Å². The van der Waals surface area contributed by atoms with Gasteiger partial charge in [0.1, 0.15) is 5.69 Å². The van der Waals surface area contributed by atoms with Gasteiger partial charge in [0.05, 0.1) is 0 Å². The van der Waals surface area contributed by atoms with Gasteiger partial charge < -0.3 is 15.0 Å². The minimum Gasteiger partial charge on any atom is -0.393 e. The lowest BCUT2D eigenvalue weighted by Crippen LogP contribution is -2.41. The second-order valence-electron chi connectivity index (χ2n) is 4.45. The first-order chi connectivity index (χ1) is 8.09. The molecule has 0 aliphatic carbocycles. The molecule has 0 radical (unpaired) electrons. The average molecular weight is 239 g/mol. The van der Waals surface area contributed by atoms with Gasteiger partial charge >= 0.3 is 5.69 Å². The maximum atomic E-state index is 11.9. The molecular weight excluding hydrogens is 222 g/mol. The molecule has 2 N–H and O–H groups in total. The number of aromatic nitrogens is 2. The number of nitrogen functional groups attached to an aromatic ring is 1. The summed E-state index contributed by atoms with van der Waals surface area (Å²) in [6.07, 6.45) is 3.12. The summed E-state index contributed by atoms with van der Waals surface area (Å²) in [5.41, 5.74) is 4.99. The van der Waals surface area contributed by atoms with E-state index in [4.69, 9.17) is 10.5 Å². The molecule has 1 aliphatic heterocycles. The van der Waals surface area contributed by atoms with E-state index in [1.54, 1.807) is 7.05 Å². The van der Waals surface area contributed by atoms with Crippen LogP contribution in [0.25, 0.3) is 0 Å². The zero-order valence-corrected chi connectivity index (χ0v) is 9.89. The van der Waals surface area contributed by atoms with Crippen LogP contribution in [0.2, 0.25) is 0 Å². The van der Waals surface area contributed by atoms with E-state index >= 15 is 0 Å². The van der Waals surface area contributed by atoms with Crippen molar-refractivity contribution in [2.45, 2.75) is 19.4 Å². The van der Waals surface area contributed by atoms with E-state index in [2.05, 4.69) is 0 Å². The van der Waals surface area contributed by atoms with Gasteiger partial charge in [0.25, 0.3) is 5.56 Å². The van der Waals surface area contributed by atoms with Crippen LogP contribution in [0.3, 0.4) is 0 Å². The molecule has 2 heterocycles. The molecule has 1 aromatic rings. The van der Waals surface area contributed by atoms with Gasteiger partial charge in [-0.25, -0.2) is 4.79 Å². The van der Waals surface area contributed by atoms with Crippen molar-refractivity contribution in [3.8, 4) is 0 Å². The SMILES string of the molecule is Cn1cc(N)c(=O)n(CC2CCOCC2)c1=O. The molecule has 6 heteroatoms. The summed E-state index contributed by atoms with van der Waals surface area (Å²) in [6.45, 7) is 1.82. The fraction of sp³-hybridized carbons (Fsp3) is 0.636. The zero-order chi connectivity index (χ0) is 12.4. The number of ether oxygens (including phenoxy) is 1. The number of anilines is 1. The Morgan fingerprint density at radius 3 is 2.71 bits per heavy atom. The zero-order valence-electron chi connectivity index (χ0n) is 9.89. The topological polar surface area (TPSA) is 79.2 Å². The van der Waals surface area contributed by atoms with E-state index in [1.165, 1.54) is 15.3 Å². The van der Waals surface area contributed by atoms with Gasteiger partial charge in [0, 0.05) is 33.0 Å². The number of nitrogens with two attached hydrogens (primary N) is 1. The summed E-state index contributed by atoms with van der Waals surface area (Å²) in [5, 5.41) is 0. The van der Waals surface area contributed by atoms with Crippen molar-refractivity contribution in [3.63, 3.8) is 0 Å². The van der Waals surface area contributed by atoms with E-state index in [0.717, 1.165) is 12.8 Å². The number of nitrogens with zero attached hydrogens (tertiary/aromatic N) is 2. The molecule has 1 fully saturated rings. The molecule has 1 aliphatic rings. The second-order valence-corrected chi connectivity index (χ2v) is 4.45. The summed E-state index contributed by atoms with van der Waals surface area (Å²) >= 11 is 0. The van der Waals surface area contributed by atoms with Gasteiger partial charge in [-0.2, -0.15) is 0 Å². The summed E-state index contributed by atoms with van der Waals surface area (Å²) in [7, 11) is 1.60. The quantitative estimate of drug-likeness (QED) is 0.758. The highest BCUT2D eigenvalue weighted by molar-refractivity contribution is 5.30. The first-order valence-electron chi connectivity index (χ1n) is 5.73. The van der Waals surface area contributed by atoms with Crippen LogP contribution in [-0.4, -0.2) is 22.3 Å². The van der Waals surface area contributed by atoms with Crippen molar-refractivity contribution in [1.82, 2.24) is 9.13 Å². The minimum absolute atomic E-state index is 0.110. The maximum Gasteiger partial charge on any atom is 0.330 e. The third-order valence-corrected chi connectivity index (χ3v) is 3.14. The van der Waals surface area contributed by atoms with Crippen LogP contribution in [-0.2, 0) is 18.3 Å². The lowest BCUT2D eigenvalue weighted by Gasteiger charge is -2.22. The monoisotopic (exact) mass is 239 g/mol. The van der Waals surface area contributed by atoms with Crippen LogP contribution in [0.5, 0.6) is 0 Å². The number of rotatable bonds is 2. The summed E-state index contributed by atoms with van der Waals surface area (Å²) < 4.78 is 7.82. The molecule has 94 valence electrons. The van der Waals surface area contributed by atoms with Crippen LogP contribution >= 0.6 is 0 Å². The fourth-order valence-corrected chi connectivity index (χ4v) is 2.10. The van der Waals surface area contributed by atoms with Crippen molar-refractivity contribution in [3.05, 3.63) is 27.0 Å². The number of aryl methyl sites for hydroxylation is 1. The van der Waals surface area contributed by atoms with Crippen LogP contribution in [0.1, 0.15) is 12.8 Å². The first kappa shape index (κ1) is 11.9. The highest BCUT2D eigenvalue weighted by Crippen LogP contribution is 2.15. The van der Waals surface area contributed by atoms with Crippen molar-refractivity contribution in [2.75, 3.05) is 18.9 Å². The molecule has 0 amide bonds. The Morgan fingerprint density at radius 1 is 1.41 bits per heavy atom. The normalized spacial score (nSPS) is 17.2. The van der Waals surface area contributed by atoms with Gasteiger partial charge in [-0.05, 0) is 18.8 Å². The first-order valence-corrected chi connectivity index (χ1v) is 5.73. The largest absolute Gasteiger partial charge is 0.393 e. The van der Waals surface area contributed by atoms with Gasteiger partial charge in [-0.1, -0.05) is 0 Å². The molecule has 0 unspecified atom stereocenters. The van der Waals surface area contributed by atoms with Crippen LogP contribution in [0.4, 0.5) is 5.69 Å². The Bertz CT molecular complexity index is 477. The summed E-state index contributed by atoms with van der Waals surface area (Å²) in [4.78, 5) is 23.7. The molecule has 0 aromatic carbocycles. The van der Waals surface area contributed by atoms with E-state index in [0.29, 0.717) is 25.7 Å². The van der Waals surface area contributed by atoms with E-state index in [-0.39, 0.29) is 16.9 Å². The number of hydrogen-bond acceptors (Lipinski definition) is 4. The third kappa shape index (κ3) is 2.41. The lowest BCUT2D eigenvalue weighted by atomic mass is 10.0. The van der Waals surface area contributed by atoms with Crippen molar-refractivity contribution < 1.29 is 4.74 Å². The molecule has 1 saturated heterocycles. The molecule has 0 saturated carbocycles. The maximum absolute atomic E-state index is 11.9. The summed E-state index contributed by atoms with van der Waals surface area (Å²) in [6, 6.07) is 0. The Kier molecular flexibility index (Phi) is 3.33. The fourth-order valence-electron chi connectivity index (χ4n) is 2.10. The average Bonchev–Trinajstić information content (AvgIpc) is 2.33. The predicted octanol–water partition coefficient (Wildman–Crippen LogP) is -0.444. The Labute approximate surface area is 98.6 Å². The Hall–Kier alpha value is -1.56. The third-order valence-electron chi connectivity index (χ3n) is 3.14. The minimum atomic E-state index is -0.389. The molecule has 2 rings (SSSR count). The van der Waals surface area contributed by atoms with Gasteiger partial charge in [0.15, 0.2) is 0 Å². The number of hydrogen-bond donors (Lipinski definition) is 1. The molecule has 17 heavy (non-hydrogen) atoms. The van der Waals surface area contributed by atoms with Crippen molar-refractivity contribution in [1.29, 1.82) is 0 Å². The highest BCUT2D eigenvalue weighted by atomic mass is 16.5. The van der Waals surface area contributed by atoms with Crippen molar-refractivity contribution in [2.24, 2.45) is 13.0 Å². The molecule has 0 bridgehead atoms. The molecule has 6 nitrogen and oxygen atoms in total. The predicted molar refractivity (Wildman–Crippen MR) is 63.9 cm³/mol. The van der Waals surface area contributed by atoms with E-state index in [1.807, 2.05) is 0 Å². The van der Waals surface area contributed by atoms with E-state index in [9.17, 15) is 9.59 Å². The van der Waals surface area contributed by atoms with Gasteiger partial charge in [-0.15, -0.1) is 0 Å². The Balaban J connectivity index is 2.31. The second kappa shape index (κ2) is 4.75. The molecule has 1 aromatic heterocycles. The van der Waals surface area contributed by atoms with Gasteiger partial charge in [0.2, 0.25) is 0 Å². The smallest absolute Gasteiger partial charge is 0.330 e. The highest BCUT2D eigenvalue weighted by Gasteiger charge is 2.17. The van der Waals surface area contributed by atoms with Crippen molar-refractivity contribution >= 4 is 5.69 Å².